The minimum atomic E-state index is -2.95. The van der Waals surface area contributed by atoms with Crippen LogP contribution in [-0.2, 0) is 21.1 Å². The first-order chi connectivity index (χ1) is 9.55. The van der Waals surface area contributed by atoms with Crippen LogP contribution in [0.2, 0.25) is 0 Å². The van der Waals surface area contributed by atoms with Crippen LogP contribution in [-0.4, -0.2) is 42.8 Å². The molecule has 4 nitrogen and oxygen atoms in total. The van der Waals surface area contributed by atoms with E-state index in [4.69, 9.17) is 0 Å². The lowest BCUT2D eigenvalue weighted by molar-refractivity contribution is -0.133. The predicted molar refractivity (Wildman–Crippen MR) is 77.1 cm³/mol. The van der Waals surface area contributed by atoms with Crippen LogP contribution >= 0.6 is 0 Å². The third kappa shape index (κ3) is 3.03. The summed E-state index contributed by atoms with van der Waals surface area (Å²) in [6.45, 7) is 0. The Hall–Kier alpha value is -1.36. The zero-order valence-corrected chi connectivity index (χ0v) is 12.2. The van der Waals surface area contributed by atoms with Gasteiger partial charge < -0.3 is 4.90 Å². The summed E-state index contributed by atoms with van der Waals surface area (Å²) in [4.78, 5) is 14.4. The zero-order chi connectivity index (χ0) is 14.2. The van der Waals surface area contributed by atoms with Gasteiger partial charge in [-0.05, 0) is 24.8 Å². The second kappa shape index (κ2) is 5.20. The average molecular weight is 293 g/mol. The van der Waals surface area contributed by atoms with E-state index in [2.05, 4.69) is 0 Å². The Bertz CT molecular complexity index is 593. The van der Waals surface area contributed by atoms with Crippen molar-refractivity contribution in [2.24, 2.45) is 0 Å². The van der Waals surface area contributed by atoms with Crippen LogP contribution < -0.4 is 0 Å². The molecular weight excluding hydrogens is 274 g/mol. The van der Waals surface area contributed by atoms with E-state index in [9.17, 15) is 13.2 Å². The van der Waals surface area contributed by atoms with Gasteiger partial charge in [-0.1, -0.05) is 30.3 Å². The molecule has 1 aliphatic carbocycles. The molecule has 2 aliphatic rings. The molecule has 1 aliphatic heterocycles. The maximum Gasteiger partial charge on any atom is 0.227 e. The lowest BCUT2D eigenvalue weighted by atomic mass is 10.1. The Balaban J connectivity index is 1.73. The Morgan fingerprint density at radius 2 is 1.80 bits per heavy atom. The SMILES string of the molecule is O=C(Cc1ccccc1)N(C1CC1)C1CCS(=O)(=O)C1. The smallest absolute Gasteiger partial charge is 0.227 e. The molecule has 20 heavy (non-hydrogen) atoms. The molecule has 0 aromatic heterocycles. The van der Waals surface area contributed by atoms with Gasteiger partial charge in [-0.3, -0.25) is 4.79 Å². The number of sulfone groups is 1. The molecule has 108 valence electrons. The summed E-state index contributed by atoms with van der Waals surface area (Å²) in [7, 11) is -2.95. The third-order valence-electron chi connectivity index (χ3n) is 4.03. The molecule has 1 saturated heterocycles. The lowest BCUT2D eigenvalue weighted by Gasteiger charge is -2.28. The highest BCUT2D eigenvalue weighted by Gasteiger charge is 2.41. The minimum absolute atomic E-state index is 0.0702. The summed E-state index contributed by atoms with van der Waals surface area (Å²) < 4.78 is 23.3. The molecule has 1 atom stereocenters. The van der Waals surface area contributed by atoms with Crippen molar-refractivity contribution >= 4 is 15.7 Å². The minimum Gasteiger partial charge on any atom is -0.335 e. The normalized spacial score (nSPS) is 24.5. The van der Waals surface area contributed by atoms with Gasteiger partial charge in [-0.2, -0.15) is 0 Å². The largest absolute Gasteiger partial charge is 0.335 e. The van der Waals surface area contributed by atoms with Gasteiger partial charge in [0.15, 0.2) is 9.84 Å². The number of hydrogen-bond donors (Lipinski definition) is 0. The Labute approximate surface area is 119 Å². The number of carbonyl (C=O) groups excluding carboxylic acids is 1. The highest BCUT2D eigenvalue weighted by molar-refractivity contribution is 7.91. The van der Waals surface area contributed by atoms with Crippen molar-refractivity contribution in [2.75, 3.05) is 11.5 Å². The fourth-order valence-corrected chi connectivity index (χ4v) is 4.63. The number of carbonyl (C=O) groups is 1. The third-order valence-corrected chi connectivity index (χ3v) is 5.78. The monoisotopic (exact) mass is 293 g/mol. The van der Waals surface area contributed by atoms with Gasteiger partial charge in [0.25, 0.3) is 0 Å². The molecular formula is C15H19NO3S. The fourth-order valence-electron chi connectivity index (χ4n) is 2.91. The molecule has 1 aromatic carbocycles. The van der Waals surface area contributed by atoms with E-state index in [0.717, 1.165) is 18.4 Å². The first kappa shape index (κ1) is 13.6. The van der Waals surface area contributed by atoms with E-state index in [-0.39, 0.29) is 29.5 Å². The van der Waals surface area contributed by atoms with E-state index < -0.39 is 9.84 Å². The van der Waals surface area contributed by atoms with Crippen molar-refractivity contribution < 1.29 is 13.2 Å². The number of rotatable bonds is 4. The highest BCUT2D eigenvalue weighted by atomic mass is 32.2. The molecule has 5 heteroatoms. The summed E-state index contributed by atoms with van der Waals surface area (Å²) in [5.74, 6) is 0.435. The van der Waals surface area contributed by atoms with Crippen LogP contribution in [0.15, 0.2) is 30.3 Å². The van der Waals surface area contributed by atoms with Crippen LogP contribution in [0.4, 0.5) is 0 Å². The topological polar surface area (TPSA) is 54.5 Å². The first-order valence-electron chi connectivity index (χ1n) is 7.11. The molecule has 0 bridgehead atoms. The van der Waals surface area contributed by atoms with Gasteiger partial charge in [0.1, 0.15) is 0 Å². The van der Waals surface area contributed by atoms with Crippen molar-refractivity contribution in [3.8, 4) is 0 Å². The van der Waals surface area contributed by atoms with Crippen molar-refractivity contribution in [1.29, 1.82) is 0 Å². The van der Waals surface area contributed by atoms with Gasteiger partial charge in [0, 0.05) is 12.1 Å². The van der Waals surface area contributed by atoms with Gasteiger partial charge in [-0.15, -0.1) is 0 Å². The van der Waals surface area contributed by atoms with Crippen LogP contribution in [0.25, 0.3) is 0 Å². The average Bonchev–Trinajstić information content (AvgIpc) is 3.15. The van der Waals surface area contributed by atoms with Crippen LogP contribution in [0, 0.1) is 0 Å². The van der Waals surface area contributed by atoms with Gasteiger partial charge in [0.05, 0.1) is 17.9 Å². The van der Waals surface area contributed by atoms with Gasteiger partial charge in [-0.25, -0.2) is 8.42 Å². The summed E-state index contributed by atoms with van der Waals surface area (Å²) >= 11 is 0. The molecule has 1 unspecified atom stereocenters. The number of nitrogens with zero attached hydrogens (tertiary/aromatic N) is 1. The van der Waals surface area contributed by atoms with Gasteiger partial charge in [0.2, 0.25) is 5.91 Å². The molecule has 0 radical (unpaired) electrons. The first-order valence-corrected chi connectivity index (χ1v) is 8.93. The summed E-state index contributed by atoms with van der Waals surface area (Å²) in [6.07, 6.45) is 2.99. The number of benzene rings is 1. The van der Waals surface area contributed by atoms with Crippen molar-refractivity contribution in [1.82, 2.24) is 4.90 Å². The Kier molecular flexibility index (Phi) is 3.54. The quantitative estimate of drug-likeness (QED) is 0.843. The van der Waals surface area contributed by atoms with Crippen LogP contribution in [0.5, 0.6) is 0 Å². The number of hydrogen-bond acceptors (Lipinski definition) is 3. The molecule has 1 saturated carbocycles. The molecule has 3 rings (SSSR count). The van der Waals surface area contributed by atoms with Crippen molar-refractivity contribution in [2.45, 2.75) is 37.8 Å². The van der Waals surface area contributed by atoms with Crippen molar-refractivity contribution in [3.63, 3.8) is 0 Å². The van der Waals surface area contributed by atoms with Crippen LogP contribution in [0.3, 0.4) is 0 Å². The van der Waals surface area contributed by atoms with E-state index in [1.54, 1.807) is 0 Å². The maximum absolute atomic E-state index is 12.5. The highest BCUT2D eigenvalue weighted by Crippen LogP contribution is 2.32. The van der Waals surface area contributed by atoms with E-state index in [1.165, 1.54) is 0 Å². The maximum atomic E-state index is 12.5. The van der Waals surface area contributed by atoms with E-state index in [1.807, 2.05) is 35.2 Å². The zero-order valence-electron chi connectivity index (χ0n) is 11.4. The Morgan fingerprint density at radius 1 is 1.10 bits per heavy atom. The van der Waals surface area contributed by atoms with E-state index >= 15 is 0 Å². The summed E-state index contributed by atoms with van der Waals surface area (Å²) in [5, 5.41) is 0. The van der Waals surface area contributed by atoms with E-state index in [0.29, 0.717) is 12.8 Å². The fraction of sp³-hybridized carbons (Fsp3) is 0.533. The molecule has 1 amide bonds. The van der Waals surface area contributed by atoms with Crippen molar-refractivity contribution in [3.05, 3.63) is 35.9 Å². The number of amides is 1. The standard InChI is InChI=1S/C15H19NO3S/c17-15(10-12-4-2-1-3-5-12)16(13-6-7-13)14-8-9-20(18,19)11-14/h1-5,13-14H,6-11H2. The summed E-state index contributed by atoms with van der Waals surface area (Å²) in [6, 6.07) is 9.81. The predicted octanol–water partition coefficient (Wildman–Crippen LogP) is 1.41. The Morgan fingerprint density at radius 3 is 2.35 bits per heavy atom. The summed E-state index contributed by atoms with van der Waals surface area (Å²) in [5.41, 5.74) is 0.990. The molecule has 1 heterocycles. The van der Waals surface area contributed by atoms with Gasteiger partial charge >= 0.3 is 0 Å². The molecule has 0 spiro atoms. The molecule has 0 N–H and O–H groups in total. The second-order valence-electron chi connectivity index (χ2n) is 5.75. The molecule has 1 aromatic rings. The molecule has 2 fully saturated rings. The lowest BCUT2D eigenvalue weighted by Crippen LogP contribution is -2.43. The second-order valence-corrected chi connectivity index (χ2v) is 7.98. The van der Waals surface area contributed by atoms with Crippen LogP contribution in [0.1, 0.15) is 24.8 Å².